The number of aliphatic hydroxyl groups excluding tert-OH is 1. The largest absolute Gasteiger partial charge is 0.396 e. The zero-order valence-corrected chi connectivity index (χ0v) is 9.82. The van der Waals surface area contributed by atoms with Crippen molar-refractivity contribution in [2.24, 2.45) is 5.73 Å². The molecule has 0 aromatic heterocycles. The van der Waals surface area contributed by atoms with E-state index in [2.05, 4.69) is 5.32 Å². The van der Waals surface area contributed by atoms with E-state index >= 15 is 0 Å². The molecule has 1 rings (SSSR count). The van der Waals surface area contributed by atoms with Gasteiger partial charge in [0.1, 0.15) is 0 Å². The van der Waals surface area contributed by atoms with Gasteiger partial charge in [0.2, 0.25) is 5.91 Å². The molecule has 0 aliphatic carbocycles. The molecule has 0 aromatic carbocycles. The van der Waals surface area contributed by atoms with E-state index in [1.807, 2.05) is 4.90 Å². The summed E-state index contributed by atoms with van der Waals surface area (Å²) in [5.74, 6) is 0.199. The monoisotopic (exact) mass is 229 g/mol. The average Bonchev–Trinajstić information content (AvgIpc) is 2.81. The van der Waals surface area contributed by atoms with Gasteiger partial charge in [-0.1, -0.05) is 0 Å². The lowest BCUT2D eigenvalue weighted by Crippen LogP contribution is -2.42. The summed E-state index contributed by atoms with van der Waals surface area (Å²) in [4.78, 5) is 13.7. The molecule has 1 heterocycles. The normalized spacial score (nSPS) is 17.8. The van der Waals surface area contributed by atoms with E-state index in [1.165, 1.54) is 0 Å². The van der Waals surface area contributed by atoms with Crippen LogP contribution in [0.4, 0.5) is 0 Å². The molecule has 1 aliphatic heterocycles. The number of nitrogens with one attached hydrogen (secondary N) is 1. The molecule has 5 nitrogen and oxygen atoms in total. The van der Waals surface area contributed by atoms with Crippen molar-refractivity contribution in [1.29, 1.82) is 0 Å². The summed E-state index contributed by atoms with van der Waals surface area (Å²) in [5.41, 5.74) is 5.61. The fourth-order valence-electron chi connectivity index (χ4n) is 1.93. The fraction of sp³-hybridized carbons (Fsp3) is 0.909. The third-order valence-corrected chi connectivity index (χ3v) is 2.93. The standard InChI is InChI=1S/C11H23N3O2/c12-9-10(13-4-3-7-15)8-11(16)14-5-1-2-6-14/h10,13,15H,1-9,12H2. The van der Waals surface area contributed by atoms with Gasteiger partial charge in [0.05, 0.1) is 0 Å². The number of aliphatic hydroxyl groups is 1. The van der Waals surface area contributed by atoms with Gasteiger partial charge in [-0.05, 0) is 25.8 Å². The van der Waals surface area contributed by atoms with E-state index in [9.17, 15) is 4.79 Å². The molecule has 94 valence electrons. The van der Waals surface area contributed by atoms with Gasteiger partial charge in [0, 0.05) is 38.7 Å². The summed E-state index contributed by atoms with van der Waals surface area (Å²) in [7, 11) is 0. The second kappa shape index (κ2) is 7.60. The molecule has 1 unspecified atom stereocenters. The van der Waals surface area contributed by atoms with Crippen LogP contribution in [-0.4, -0.2) is 54.7 Å². The number of carbonyl (C=O) groups excluding carboxylic acids is 1. The first-order valence-electron chi connectivity index (χ1n) is 6.10. The van der Waals surface area contributed by atoms with Crippen LogP contribution in [0.5, 0.6) is 0 Å². The highest BCUT2D eigenvalue weighted by molar-refractivity contribution is 5.77. The van der Waals surface area contributed by atoms with Gasteiger partial charge in [-0.3, -0.25) is 4.79 Å². The molecule has 1 fully saturated rings. The lowest BCUT2D eigenvalue weighted by molar-refractivity contribution is -0.130. The molecule has 0 spiro atoms. The number of carbonyl (C=O) groups is 1. The first-order valence-corrected chi connectivity index (χ1v) is 6.10. The number of amides is 1. The number of likely N-dealkylation sites (tertiary alicyclic amines) is 1. The number of rotatable bonds is 7. The molecule has 0 saturated carbocycles. The van der Waals surface area contributed by atoms with Gasteiger partial charge in [-0.15, -0.1) is 0 Å². The minimum atomic E-state index is 0.0413. The second-order valence-corrected chi connectivity index (χ2v) is 4.26. The van der Waals surface area contributed by atoms with Crippen molar-refractivity contribution in [3.63, 3.8) is 0 Å². The van der Waals surface area contributed by atoms with Crippen LogP contribution >= 0.6 is 0 Å². The lowest BCUT2D eigenvalue weighted by Gasteiger charge is -2.20. The van der Waals surface area contributed by atoms with Crippen molar-refractivity contribution < 1.29 is 9.90 Å². The Hall–Kier alpha value is -0.650. The van der Waals surface area contributed by atoms with Gasteiger partial charge in [0.25, 0.3) is 0 Å². The Morgan fingerprint density at radius 3 is 2.69 bits per heavy atom. The Kier molecular flexibility index (Phi) is 6.37. The predicted molar refractivity (Wildman–Crippen MR) is 63.0 cm³/mol. The van der Waals surface area contributed by atoms with Gasteiger partial charge >= 0.3 is 0 Å². The maximum absolute atomic E-state index is 11.8. The zero-order valence-electron chi connectivity index (χ0n) is 9.82. The molecule has 4 N–H and O–H groups in total. The molecule has 0 radical (unpaired) electrons. The van der Waals surface area contributed by atoms with Crippen LogP contribution in [0, 0.1) is 0 Å². The molecule has 16 heavy (non-hydrogen) atoms. The van der Waals surface area contributed by atoms with Crippen molar-refractivity contribution in [3.05, 3.63) is 0 Å². The van der Waals surface area contributed by atoms with Crippen LogP contribution in [0.15, 0.2) is 0 Å². The topological polar surface area (TPSA) is 78.6 Å². The second-order valence-electron chi connectivity index (χ2n) is 4.26. The smallest absolute Gasteiger partial charge is 0.224 e. The number of hydrogen-bond donors (Lipinski definition) is 3. The highest BCUT2D eigenvalue weighted by atomic mass is 16.3. The quantitative estimate of drug-likeness (QED) is 0.504. The van der Waals surface area contributed by atoms with Crippen LogP contribution in [0.25, 0.3) is 0 Å². The van der Waals surface area contributed by atoms with Crippen LogP contribution in [0.3, 0.4) is 0 Å². The zero-order chi connectivity index (χ0) is 11.8. The van der Waals surface area contributed by atoms with Gasteiger partial charge in [-0.2, -0.15) is 0 Å². The van der Waals surface area contributed by atoms with Crippen molar-refractivity contribution >= 4 is 5.91 Å². The van der Waals surface area contributed by atoms with Gasteiger partial charge in [0.15, 0.2) is 0 Å². The maximum Gasteiger partial charge on any atom is 0.224 e. The average molecular weight is 229 g/mol. The van der Waals surface area contributed by atoms with Gasteiger partial charge in [-0.25, -0.2) is 0 Å². The molecule has 0 bridgehead atoms. The molecular formula is C11H23N3O2. The van der Waals surface area contributed by atoms with E-state index in [0.29, 0.717) is 25.9 Å². The number of nitrogens with zero attached hydrogens (tertiary/aromatic N) is 1. The number of hydrogen-bond acceptors (Lipinski definition) is 4. The molecule has 5 heteroatoms. The van der Waals surface area contributed by atoms with Crippen LogP contribution in [0.1, 0.15) is 25.7 Å². The van der Waals surface area contributed by atoms with Crippen molar-refractivity contribution in [2.45, 2.75) is 31.7 Å². The highest BCUT2D eigenvalue weighted by Crippen LogP contribution is 2.09. The van der Waals surface area contributed by atoms with E-state index in [-0.39, 0.29) is 18.6 Å². The van der Waals surface area contributed by atoms with E-state index < -0.39 is 0 Å². The Balaban J connectivity index is 2.22. The SMILES string of the molecule is NCC(CC(=O)N1CCCC1)NCCCO. The van der Waals surface area contributed by atoms with Crippen molar-refractivity contribution in [3.8, 4) is 0 Å². The minimum Gasteiger partial charge on any atom is -0.396 e. The molecule has 1 aliphatic rings. The van der Waals surface area contributed by atoms with Crippen LogP contribution in [-0.2, 0) is 4.79 Å². The first-order chi connectivity index (χ1) is 7.77. The van der Waals surface area contributed by atoms with E-state index in [4.69, 9.17) is 10.8 Å². The van der Waals surface area contributed by atoms with Crippen LogP contribution < -0.4 is 11.1 Å². The Labute approximate surface area is 97.0 Å². The predicted octanol–water partition coefficient (Wildman–Crippen LogP) is -0.702. The van der Waals surface area contributed by atoms with Crippen molar-refractivity contribution in [2.75, 3.05) is 32.8 Å². The minimum absolute atomic E-state index is 0.0413. The Morgan fingerprint density at radius 2 is 2.12 bits per heavy atom. The summed E-state index contributed by atoms with van der Waals surface area (Å²) in [6.45, 7) is 3.14. The molecule has 1 amide bonds. The van der Waals surface area contributed by atoms with E-state index in [0.717, 1.165) is 25.9 Å². The maximum atomic E-state index is 11.8. The third-order valence-electron chi connectivity index (χ3n) is 2.93. The Bertz CT molecular complexity index is 205. The van der Waals surface area contributed by atoms with Crippen molar-refractivity contribution in [1.82, 2.24) is 10.2 Å². The summed E-state index contributed by atoms with van der Waals surface area (Å²) in [6.07, 6.45) is 3.42. The molecular weight excluding hydrogens is 206 g/mol. The highest BCUT2D eigenvalue weighted by Gasteiger charge is 2.20. The summed E-state index contributed by atoms with van der Waals surface area (Å²) in [6, 6.07) is 0.0413. The first kappa shape index (κ1) is 13.4. The molecule has 1 atom stereocenters. The van der Waals surface area contributed by atoms with Crippen LogP contribution in [0.2, 0.25) is 0 Å². The number of nitrogens with two attached hydrogens (primary N) is 1. The van der Waals surface area contributed by atoms with Gasteiger partial charge < -0.3 is 21.1 Å². The lowest BCUT2D eigenvalue weighted by atomic mass is 10.2. The molecule has 1 saturated heterocycles. The Morgan fingerprint density at radius 1 is 1.44 bits per heavy atom. The summed E-state index contributed by atoms with van der Waals surface area (Å²) >= 11 is 0. The molecule has 0 aromatic rings. The summed E-state index contributed by atoms with van der Waals surface area (Å²) < 4.78 is 0. The summed E-state index contributed by atoms with van der Waals surface area (Å²) in [5, 5.41) is 11.9. The van der Waals surface area contributed by atoms with E-state index in [1.54, 1.807) is 0 Å². The third kappa shape index (κ3) is 4.47. The fourth-order valence-corrected chi connectivity index (χ4v) is 1.93.